The Balaban J connectivity index is 3.03. The van der Waals surface area contributed by atoms with Gasteiger partial charge in [-0.1, -0.05) is 6.07 Å². The highest BCUT2D eigenvalue weighted by atomic mass is 19.2. The summed E-state index contributed by atoms with van der Waals surface area (Å²) in [5, 5.41) is 0. The molecule has 0 aliphatic carbocycles. The second kappa shape index (κ2) is 3.49. The zero-order valence-corrected chi connectivity index (χ0v) is 6.63. The lowest BCUT2D eigenvalue weighted by Crippen LogP contribution is -2.28. The highest BCUT2D eigenvalue weighted by Crippen LogP contribution is 2.13. The summed E-state index contributed by atoms with van der Waals surface area (Å²) in [6.45, 7) is 0. The number of halogens is 2. The van der Waals surface area contributed by atoms with E-state index in [0.717, 1.165) is 12.1 Å². The summed E-state index contributed by atoms with van der Waals surface area (Å²) < 4.78 is 25.1. The molecule has 0 unspecified atom stereocenters. The quantitative estimate of drug-likeness (QED) is 0.704. The number of carbonyl (C=O) groups is 1. The molecule has 0 aliphatic rings. The maximum Gasteiger partial charge on any atom is 0.238 e. The van der Waals surface area contributed by atoms with Gasteiger partial charge >= 0.3 is 0 Å². The zero-order chi connectivity index (χ0) is 10.0. The van der Waals surface area contributed by atoms with Crippen LogP contribution in [0.5, 0.6) is 0 Å². The summed E-state index contributed by atoms with van der Waals surface area (Å²) in [6, 6.07) is 1.86. The van der Waals surface area contributed by atoms with E-state index >= 15 is 0 Å². The average molecular weight is 186 g/mol. The molecular weight excluding hydrogens is 178 g/mol. The fourth-order valence-corrected chi connectivity index (χ4v) is 0.870. The van der Waals surface area contributed by atoms with Crippen molar-refractivity contribution in [2.45, 2.75) is 6.04 Å². The minimum absolute atomic E-state index is 0.159. The molecule has 0 bridgehead atoms. The van der Waals surface area contributed by atoms with Crippen LogP contribution < -0.4 is 11.5 Å². The lowest BCUT2D eigenvalue weighted by atomic mass is 10.1. The van der Waals surface area contributed by atoms with Gasteiger partial charge in [0.2, 0.25) is 5.91 Å². The molecule has 1 aromatic carbocycles. The van der Waals surface area contributed by atoms with Crippen LogP contribution in [0.1, 0.15) is 11.6 Å². The number of carbonyl (C=O) groups excluding carboxylic acids is 1. The molecule has 0 heterocycles. The molecule has 0 spiro atoms. The third kappa shape index (κ3) is 2.00. The van der Waals surface area contributed by atoms with Crippen LogP contribution in [0, 0.1) is 11.6 Å². The first-order valence-corrected chi connectivity index (χ1v) is 3.52. The third-order valence-electron chi connectivity index (χ3n) is 1.61. The van der Waals surface area contributed by atoms with E-state index in [9.17, 15) is 13.6 Å². The molecule has 70 valence electrons. The van der Waals surface area contributed by atoms with Crippen LogP contribution in [0.3, 0.4) is 0 Å². The Morgan fingerprint density at radius 2 is 1.92 bits per heavy atom. The second-order valence-electron chi connectivity index (χ2n) is 2.55. The zero-order valence-electron chi connectivity index (χ0n) is 6.63. The van der Waals surface area contributed by atoms with Crippen molar-refractivity contribution in [3.8, 4) is 0 Å². The molecule has 0 fully saturated rings. The van der Waals surface area contributed by atoms with Crippen molar-refractivity contribution in [2.75, 3.05) is 0 Å². The van der Waals surface area contributed by atoms with Gasteiger partial charge in [-0.2, -0.15) is 0 Å². The van der Waals surface area contributed by atoms with Crippen molar-refractivity contribution in [1.82, 2.24) is 0 Å². The monoisotopic (exact) mass is 186 g/mol. The Bertz CT molecular complexity index is 341. The second-order valence-corrected chi connectivity index (χ2v) is 2.55. The van der Waals surface area contributed by atoms with Crippen molar-refractivity contribution in [3.05, 3.63) is 35.4 Å². The lowest BCUT2D eigenvalue weighted by molar-refractivity contribution is -0.119. The van der Waals surface area contributed by atoms with Gasteiger partial charge in [0.1, 0.15) is 6.04 Å². The van der Waals surface area contributed by atoms with Gasteiger partial charge in [0, 0.05) is 0 Å². The van der Waals surface area contributed by atoms with Crippen molar-refractivity contribution in [2.24, 2.45) is 11.5 Å². The van der Waals surface area contributed by atoms with E-state index in [0.29, 0.717) is 0 Å². The predicted octanol–water partition coefficient (Wildman–Crippen LogP) is 0.450. The fourth-order valence-electron chi connectivity index (χ4n) is 0.870. The molecular formula is C8H8F2N2O. The van der Waals surface area contributed by atoms with E-state index in [-0.39, 0.29) is 5.56 Å². The Morgan fingerprint density at radius 1 is 1.31 bits per heavy atom. The average Bonchev–Trinajstić information content (AvgIpc) is 2.08. The van der Waals surface area contributed by atoms with Crippen LogP contribution in [0.25, 0.3) is 0 Å². The first kappa shape index (κ1) is 9.60. The van der Waals surface area contributed by atoms with E-state index < -0.39 is 23.6 Å². The molecule has 1 amide bonds. The Morgan fingerprint density at radius 3 is 2.38 bits per heavy atom. The van der Waals surface area contributed by atoms with Crippen LogP contribution in [0.15, 0.2) is 18.2 Å². The van der Waals surface area contributed by atoms with Crippen molar-refractivity contribution in [1.29, 1.82) is 0 Å². The minimum Gasteiger partial charge on any atom is -0.368 e. The van der Waals surface area contributed by atoms with Gasteiger partial charge in [0.05, 0.1) is 0 Å². The Kier molecular flexibility index (Phi) is 2.57. The van der Waals surface area contributed by atoms with Crippen LogP contribution in [0.4, 0.5) is 8.78 Å². The molecule has 13 heavy (non-hydrogen) atoms. The normalized spacial score (nSPS) is 12.5. The van der Waals surface area contributed by atoms with E-state index in [1.165, 1.54) is 6.07 Å². The lowest BCUT2D eigenvalue weighted by Gasteiger charge is -2.07. The molecule has 0 saturated heterocycles. The number of primary amides is 1. The van der Waals surface area contributed by atoms with Crippen LogP contribution >= 0.6 is 0 Å². The van der Waals surface area contributed by atoms with Crippen LogP contribution in [-0.4, -0.2) is 5.91 Å². The number of nitrogens with two attached hydrogens (primary N) is 2. The van der Waals surface area contributed by atoms with Crippen molar-refractivity contribution in [3.63, 3.8) is 0 Å². The summed E-state index contributed by atoms with van der Waals surface area (Å²) >= 11 is 0. The maximum absolute atomic E-state index is 12.6. The van der Waals surface area contributed by atoms with E-state index in [4.69, 9.17) is 11.5 Å². The summed E-state index contributed by atoms with van der Waals surface area (Å²) in [5.74, 6) is -2.82. The Labute approximate surface area is 73.3 Å². The van der Waals surface area contributed by atoms with E-state index in [1.54, 1.807) is 0 Å². The van der Waals surface area contributed by atoms with Gasteiger partial charge in [-0.25, -0.2) is 8.78 Å². The van der Waals surface area contributed by atoms with Gasteiger partial charge in [-0.15, -0.1) is 0 Å². The summed E-state index contributed by atoms with van der Waals surface area (Å²) in [7, 11) is 0. The summed E-state index contributed by atoms with van der Waals surface area (Å²) in [5.41, 5.74) is 10.3. The molecule has 4 N–H and O–H groups in total. The number of benzene rings is 1. The summed E-state index contributed by atoms with van der Waals surface area (Å²) in [4.78, 5) is 10.6. The number of rotatable bonds is 2. The van der Waals surface area contributed by atoms with Crippen LogP contribution in [-0.2, 0) is 4.79 Å². The molecule has 0 saturated carbocycles. The number of hydrogen-bond acceptors (Lipinski definition) is 2. The van der Waals surface area contributed by atoms with E-state index in [2.05, 4.69) is 0 Å². The van der Waals surface area contributed by atoms with Gasteiger partial charge < -0.3 is 11.5 Å². The van der Waals surface area contributed by atoms with Crippen molar-refractivity contribution < 1.29 is 13.6 Å². The maximum atomic E-state index is 12.6. The molecule has 0 radical (unpaired) electrons. The Hall–Kier alpha value is -1.49. The van der Waals surface area contributed by atoms with Crippen LogP contribution in [0.2, 0.25) is 0 Å². The van der Waals surface area contributed by atoms with Gasteiger partial charge in [-0.05, 0) is 17.7 Å². The molecule has 5 heteroatoms. The smallest absolute Gasteiger partial charge is 0.238 e. The highest BCUT2D eigenvalue weighted by molar-refractivity contribution is 5.81. The topological polar surface area (TPSA) is 69.1 Å². The molecule has 0 aromatic heterocycles. The molecule has 1 rings (SSSR count). The fraction of sp³-hybridized carbons (Fsp3) is 0.125. The standard InChI is InChI=1S/C8H8F2N2O/c9-5-2-1-4(3-6(5)10)7(11)8(12)13/h1-3,7H,11H2,(H2,12,13)/t7-/m0/s1. The van der Waals surface area contributed by atoms with Gasteiger partial charge in [0.25, 0.3) is 0 Å². The molecule has 1 atom stereocenters. The number of hydrogen-bond donors (Lipinski definition) is 2. The minimum atomic E-state index is -1.10. The predicted molar refractivity (Wildman–Crippen MR) is 42.5 cm³/mol. The molecule has 3 nitrogen and oxygen atoms in total. The largest absolute Gasteiger partial charge is 0.368 e. The number of amides is 1. The first-order valence-electron chi connectivity index (χ1n) is 3.52. The van der Waals surface area contributed by atoms with E-state index in [1.807, 2.05) is 0 Å². The van der Waals surface area contributed by atoms with Gasteiger partial charge in [-0.3, -0.25) is 4.79 Å². The summed E-state index contributed by atoms with van der Waals surface area (Å²) in [6.07, 6.45) is 0. The SMILES string of the molecule is NC(=O)[C@@H](N)c1ccc(F)c(F)c1. The molecule has 1 aromatic rings. The van der Waals surface area contributed by atoms with Gasteiger partial charge in [0.15, 0.2) is 11.6 Å². The first-order chi connectivity index (χ1) is 6.02. The third-order valence-corrected chi connectivity index (χ3v) is 1.61. The molecule has 0 aliphatic heterocycles. The highest BCUT2D eigenvalue weighted by Gasteiger charge is 2.13. The van der Waals surface area contributed by atoms with Crippen molar-refractivity contribution >= 4 is 5.91 Å².